The summed E-state index contributed by atoms with van der Waals surface area (Å²) in [7, 11) is 0. The van der Waals surface area contributed by atoms with Gasteiger partial charge in [0.05, 0.1) is 22.8 Å². The fourth-order valence-electron chi connectivity index (χ4n) is 3.86. The Morgan fingerprint density at radius 2 is 1.89 bits per heavy atom. The number of pyridine rings is 1. The molecule has 1 fully saturated rings. The first-order valence-corrected chi connectivity index (χ1v) is 10.5. The maximum atomic E-state index is 13.3. The maximum Gasteiger partial charge on any atom is 0.254 e. The Bertz CT molecular complexity index is 995. The largest absolute Gasteiger partial charge is 0.339 e. The molecule has 0 aliphatic carbocycles. The van der Waals surface area contributed by atoms with Gasteiger partial charge in [-0.3, -0.25) is 4.79 Å². The molecule has 27 heavy (non-hydrogen) atoms. The second-order valence-electron chi connectivity index (χ2n) is 7.65. The Balaban J connectivity index is 1.90. The predicted octanol–water partition coefficient (Wildman–Crippen LogP) is 4.98. The Morgan fingerprint density at radius 1 is 1.15 bits per heavy atom. The summed E-state index contributed by atoms with van der Waals surface area (Å²) >= 11 is 1.77. The minimum atomic E-state index is 0.108. The van der Waals surface area contributed by atoms with Gasteiger partial charge in [-0.15, -0.1) is 11.3 Å². The lowest BCUT2D eigenvalue weighted by atomic mass is 10.0. The quantitative estimate of drug-likeness (QED) is 0.642. The van der Waals surface area contributed by atoms with Crippen LogP contribution >= 0.6 is 11.3 Å². The second kappa shape index (κ2) is 7.08. The van der Waals surface area contributed by atoms with E-state index in [-0.39, 0.29) is 11.9 Å². The molecule has 4 heterocycles. The number of hydrogen-bond acceptors (Lipinski definition) is 4. The third-order valence-electron chi connectivity index (χ3n) is 5.25. The molecule has 3 aromatic heterocycles. The van der Waals surface area contributed by atoms with Crippen LogP contribution in [0, 0.1) is 13.8 Å². The first-order valence-electron chi connectivity index (χ1n) is 9.70. The highest BCUT2D eigenvalue weighted by atomic mass is 32.1. The molecular weight excluding hydrogens is 356 g/mol. The van der Waals surface area contributed by atoms with Crippen LogP contribution in [0.2, 0.25) is 0 Å². The van der Waals surface area contributed by atoms with E-state index in [4.69, 9.17) is 4.98 Å². The van der Waals surface area contributed by atoms with Gasteiger partial charge in [0.15, 0.2) is 5.65 Å². The van der Waals surface area contributed by atoms with E-state index >= 15 is 0 Å². The number of aryl methyl sites for hydroxylation is 2. The topological polar surface area (TPSA) is 51.0 Å². The first-order chi connectivity index (χ1) is 13.0. The van der Waals surface area contributed by atoms with Crippen molar-refractivity contribution in [1.82, 2.24) is 19.7 Å². The van der Waals surface area contributed by atoms with Crippen LogP contribution in [0.25, 0.3) is 22.3 Å². The van der Waals surface area contributed by atoms with Gasteiger partial charge in [-0.1, -0.05) is 0 Å². The van der Waals surface area contributed by atoms with Crippen molar-refractivity contribution in [1.29, 1.82) is 0 Å². The minimum absolute atomic E-state index is 0.108. The number of carbonyl (C=O) groups is 1. The molecule has 0 N–H and O–H groups in total. The molecule has 6 heteroatoms. The van der Waals surface area contributed by atoms with Crippen LogP contribution in [0.1, 0.15) is 59.3 Å². The number of fused-ring (bicyclic) bond motifs is 1. The number of thiophene rings is 1. The summed E-state index contributed by atoms with van der Waals surface area (Å²) in [5, 5.41) is 5.39. The number of rotatable bonds is 3. The molecular formula is C21H26N4OS. The van der Waals surface area contributed by atoms with Gasteiger partial charge >= 0.3 is 0 Å². The molecule has 1 aliphatic heterocycles. The van der Waals surface area contributed by atoms with Crippen LogP contribution < -0.4 is 0 Å². The SMILES string of the molecule is Cc1cc(-c2cc(C(=O)N3CCCCC3)c3cnn(C(C)C)c3n2)c(C)s1. The zero-order chi connectivity index (χ0) is 19.1. The van der Waals surface area contributed by atoms with Crippen LogP contribution in [0.4, 0.5) is 0 Å². The lowest BCUT2D eigenvalue weighted by Crippen LogP contribution is -2.35. The van der Waals surface area contributed by atoms with Gasteiger partial charge in [0.25, 0.3) is 5.91 Å². The van der Waals surface area contributed by atoms with E-state index < -0.39 is 0 Å². The Hall–Kier alpha value is -2.21. The van der Waals surface area contributed by atoms with Crippen molar-refractivity contribution in [3.8, 4) is 11.3 Å². The fourth-order valence-corrected chi connectivity index (χ4v) is 4.80. The number of piperidine rings is 1. The summed E-state index contributed by atoms with van der Waals surface area (Å²) in [5.41, 5.74) is 3.51. The van der Waals surface area contributed by atoms with E-state index in [1.54, 1.807) is 17.5 Å². The van der Waals surface area contributed by atoms with Gasteiger partial charge in [0.1, 0.15) is 0 Å². The smallest absolute Gasteiger partial charge is 0.254 e. The summed E-state index contributed by atoms with van der Waals surface area (Å²) in [6.45, 7) is 10.1. The lowest BCUT2D eigenvalue weighted by Gasteiger charge is -2.27. The molecule has 0 aromatic carbocycles. The zero-order valence-corrected chi connectivity index (χ0v) is 17.3. The van der Waals surface area contributed by atoms with Crippen LogP contribution in [0.15, 0.2) is 18.3 Å². The number of amides is 1. The average Bonchev–Trinajstić information content (AvgIpc) is 3.23. The maximum absolute atomic E-state index is 13.3. The van der Waals surface area contributed by atoms with Crippen LogP contribution in [0.3, 0.4) is 0 Å². The third kappa shape index (κ3) is 3.27. The highest BCUT2D eigenvalue weighted by Crippen LogP contribution is 2.33. The van der Waals surface area contributed by atoms with E-state index in [1.165, 1.54) is 16.2 Å². The number of nitrogens with zero attached hydrogens (tertiary/aromatic N) is 4. The van der Waals surface area contributed by atoms with Crippen molar-refractivity contribution >= 4 is 28.3 Å². The Morgan fingerprint density at radius 3 is 2.52 bits per heavy atom. The molecule has 4 rings (SSSR count). The molecule has 5 nitrogen and oxygen atoms in total. The Labute approximate surface area is 164 Å². The zero-order valence-electron chi connectivity index (χ0n) is 16.5. The van der Waals surface area contributed by atoms with E-state index in [1.807, 2.05) is 15.6 Å². The first kappa shape index (κ1) is 18.2. The molecule has 1 saturated heterocycles. The van der Waals surface area contributed by atoms with Crippen LogP contribution in [0.5, 0.6) is 0 Å². The van der Waals surface area contributed by atoms with Gasteiger partial charge in [-0.2, -0.15) is 5.10 Å². The molecule has 1 amide bonds. The number of carbonyl (C=O) groups excluding carboxylic acids is 1. The van der Waals surface area contributed by atoms with Crippen molar-refractivity contribution in [2.75, 3.05) is 13.1 Å². The van der Waals surface area contributed by atoms with E-state index in [0.717, 1.165) is 53.8 Å². The summed E-state index contributed by atoms with van der Waals surface area (Å²) in [4.78, 5) is 22.7. The molecule has 1 aliphatic rings. The van der Waals surface area contributed by atoms with E-state index in [2.05, 4.69) is 38.9 Å². The van der Waals surface area contributed by atoms with Gasteiger partial charge in [-0.25, -0.2) is 9.67 Å². The lowest BCUT2D eigenvalue weighted by molar-refractivity contribution is 0.0726. The molecule has 0 unspecified atom stereocenters. The highest BCUT2D eigenvalue weighted by Gasteiger charge is 2.24. The molecule has 0 radical (unpaired) electrons. The molecule has 0 saturated carbocycles. The summed E-state index contributed by atoms with van der Waals surface area (Å²) < 4.78 is 1.92. The predicted molar refractivity (Wildman–Crippen MR) is 110 cm³/mol. The number of likely N-dealkylation sites (tertiary alicyclic amines) is 1. The van der Waals surface area contributed by atoms with E-state index in [9.17, 15) is 4.79 Å². The normalized spacial score (nSPS) is 15.1. The summed E-state index contributed by atoms with van der Waals surface area (Å²) in [5.74, 6) is 0.108. The van der Waals surface area contributed by atoms with Crippen molar-refractivity contribution in [2.45, 2.75) is 53.0 Å². The fraction of sp³-hybridized carbons (Fsp3) is 0.476. The second-order valence-corrected chi connectivity index (χ2v) is 9.12. The number of aromatic nitrogens is 3. The van der Waals surface area contributed by atoms with Gasteiger partial charge in [0.2, 0.25) is 0 Å². The van der Waals surface area contributed by atoms with Crippen molar-refractivity contribution in [3.05, 3.63) is 33.6 Å². The molecule has 142 valence electrons. The summed E-state index contributed by atoms with van der Waals surface area (Å²) in [6, 6.07) is 4.33. The van der Waals surface area contributed by atoms with Crippen LogP contribution in [-0.4, -0.2) is 38.7 Å². The third-order valence-corrected chi connectivity index (χ3v) is 6.21. The minimum Gasteiger partial charge on any atom is -0.339 e. The average molecular weight is 383 g/mol. The van der Waals surface area contributed by atoms with Crippen molar-refractivity contribution in [3.63, 3.8) is 0 Å². The molecule has 0 spiro atoms. The molecule has 0 atom stereocenters. The van der Waals surface area contributed by atoms with Gasteiger partial charge < -0.3 is 4.90 Å². The van der Waals surface area contributed by atoms with Crippen molar-refractivity contribution < 1.29 is 4.79 Å². The highest BCUT2D eigenvalue weighted by molar-refractivity contribution is 7.12. The van der Waals surface area contributed by atoms with Crippen LogP contribution in [-0.2, 0) is 0 Å². The molecule has 3 aromatic rings. The van der Waals surface area contributed by atoms with Gasteiger partial charge in [-0.05, 0) is 59.1 Å². The Kier molecular flexibility index (Phi) is 4.76. The summed E-state index contributed by atoms with van der Waals surface area (Å²) in [6.07, 6.45) is 5.18. The van der Waals surface area contributed by atoms with Gasteiger partial charge in [0, 0.05) is 34.4 Å². The molecule has 0 bridgehead atoms. The number of hydrogen-bond donors (Lipinski definition) is 0. The monoisotopic (exact) mass is 382 g/mol. The standard InChI is InChI=1S/C21H26N4OS/c1-13(2)25-20-18(12-22-25)17(21(26)24-8-6-5-7-9-24)11-19(23-20)16-10-14(3)27-15(16)4/h10-13H,5-9H2,1-4H3. The van der Waals surface area contributed by atoms with Crippen molar-refractivity contribution in [2.24, 2.45) is 0 Å². The van der Waals surface area contributed by atoms with E-state index in [0.29, 0.717) is 0 Å².